The van der Waals surface area contributed by atoms with Crippen molar-refractivity contribution >= 4 is 59.2 Å². The second-order valence-electron chi connectivity index (χ2n) is 7.46. The molecule has 166 valence electrons. The van der Waals surface area contributed by atoms with E-state index in [9.17, 15) is 13.2 Å². The van der Waals surface area contributed by atoms with Crippen LogP contribution < -0.4 is 14.4 Å². The molecule has 1 amide bonds. The number of hydrogen-bond acceptors (Lipinski definition) is 4. The van der Waals surface area contributed by atoms with E-state index in [-0.39, 0.29) is 23.5 Å². The standard InChI is InChI=1S/C23H20Br2N2O4S/c1-15-12-16-13-18(25)4-11-22(16)27(15)23(28)14-31-20-7-9-21(10-8-20)32(29,30)26-19-5-2-17(24)3-6-19/h2-11,13,15,26H,12,14H2,1H3. The van der Waals surface area contributed by atoms with Gasteiger partial charge in [-0.2, -0.15) is 0 Å². The van der Waals surface area contributed by atoms with Crippen molar-refractivity contribution in [2.24, 2.45) is 0 Å². The third-order valence-electron chi connectivity index (χ3n) is 5.12. The molecule has 1 unspecified atom stereocenters. The fraction of sp³-hybridized carbons (Fsp3) is 0.174. The Balaban J connectivity index is 1.40. The van der Waals surface area contributed by atoms with Crippen molar-refractivity contribution in [3.8, 4) is 5.75 Å². The van der Waals surface area contributed by atoms with Crippen LogP contribution in [0, 0.1) is 0 Å². The van der Waals surface area contributed by atoms with E-state index in [1.54, 1.807) is 41.3 Å². The summed E-state index contributed by atoms with van der Waals surface area (Å²) in [6.45, 7) is 1.87. The molecule has 1 aliphatic heterocycles. The van der Waals surface area contributed by atoms with Crippen LogP contribution in [0.25, 0.3) is 0 Å². The highest BCUT2D eigenvalue weighted by atomic mass is 79.9. The van der Waals surface area contributed by atoms with Crippen LogP contribution in [-0.4, -0.2) is 27.0 Å². The van der Waals surface area contributed by atoms with Crippen LogP contribution in [-0.2, 0) is 21.2 Å². The van der Waals surface area contributed by atoms with E-state index in [0.717, 1.165) is 26.6 Å². The maximum Gasteiger partial charge on any atom is 0.265 e. The Labute approximate surface area is 203 Å². The summed E-state index contributed by atoms with van der Waals surface area (Å²) in [7, 11) is -3.73. The van der Waals surface area contributed by atoms with E-state index < -0.39 is 10.0 Å². The minimum atomic E-state index is -3.73. The number of carbonyl (C=O) groups excluding carboxylic acids is 1. The number of sulfonamides is 1. The molecule has 32 heavy (non-hydrogen) atoms. The Morgan fingerprint density at radius 3 is 2.38 bits per heavy atom. The zero-order valence-corrected chi connectivity index (χ0v) is 21.1. The quantitative estimate of drug-likeness (QED) is 0.426. The van der Waals surface area contributed by atoms with E-state index >= 15 is 0 Å². The number of anilines is 2. The molecule has 1 aliphatic rings. The smallest absolute Gasteiger partial charge is 0.265 e. The highest BCUT2D eigenvalue weighted by Gasteiger charge is 2.31. The number of fused-ring (bicyclic) bond motifs is 1. The van der Waals surface area contributed by atoms with Crippen LogP contribution in [0.5, 0.6) is 5.75 Å². The Morgan fingerprint density at radius 2 is 1.69 bits per heavy atom. The van der Waals surface area contributed by atoms with Gasteiger partial charge < -0.3 is 9.64 Å². The van der Waals surface area contributed by atoms with E-state index in [1.165, 1.54) is 12.1 Å². The Bertz CT molecular complexity index is 1250. The molecular formula is C23H20Br2N2O4S. The van der Waals surface area contributed by atoms with E-state index in [0.29, 0.717) is 11.4 Å². The molecule has 0 saturated carbocycles. The first kappa shape index (κ1) is 22.8. The molecule has 0 bridgehead atoms. The third-order valence-corrected chi connectivity index (χ3v) is 7.54. The predicted molar refractivity (Wildman–Crippen MR) is 132 cm³/mol. The van der Waals surface area contributed by atoms with Crippen molar-refractivity contribution in [1.29, 1.82) is 0 Å². The molecule has 1 N–H and O–H groups in total. The minimum absolute atomic E-state index is 0.0487. The maximum atomic E-state index is 12.8. The van der Waals surface area contributed by atoms with Gasteiger partial charge in [-0.05, 0) is 85.6 Å². The number of ether oxygens (including phenoxy) is 1. The number of nitrogens with zero attached hydrogens (tertiary/aromatic N) is 1. The van der Waals surface area contributed by atoms with Crippen molar-refractivity contribution in [3.63, 3.8) is 0 Å². The van der Waals surface area contributed by atoms with Crippen molar-refractivity contribution in [1.82, 2.24) is 0 Å². The summed E-state index contributed by atoms with van der Waals surface area (Å²) >= 11 is 6.79. The number of benzene rings is 3. The lowest BCUT2D eigenvalue weighted by Gasteiger charge is -2.22. The molecular weight excluding hydrogens is 560 g/mol. The first-order valence-corrected chi connectivity index (χ1v) is 12.9. The normalized spacial score (nSPS) is 15.3. The van der Waals surface area contributed by atoms with Gasteiger partial charge >= 0.3 is 0 Å². The van der Waals surface area contributed by atoms with E-state index in [2.05, 4.69) is 36.6 Å². The largest absolute Gasteiger partial charge is 0.484 e. The van der Waals surface area contributed by atoms with Gasteiger partial charge in [0, 0.05) is 26.4 Å². The van der Waals surface area contributed by atoms with Gasteiger partial charge in [0.1, 0.15) is 5.75 Å². The first-order chi connectivity index (χ1) is 15.2. The van der Waals surface area contributed by atoms with E-state index in [4.69, 9.17) is 4.74 Å². The van der Waals surface area contributed by atoms with Crippen molar-refractivity contribution < 1.29 is 17.9 Å². The van der Waals surface area contributed by atoms with Crippen LogP contribution in [0.2, 0.25) is 0 Å². The molecule has 4 rings (SSSR count). The molecule has 0 spiro atoms. The zero-order chi connectivity index (χ0) is 22.9. The second-order valence-corrected chi connectivity index (χ2v) is 11.0. The van der Waals surface area contributed by atoms with E-state index in [1.807, 2.05) is 25.1 Å². The lowest BCUT2D eigenvalue weighted by atomic mass is 10.1. The van der Waals surface area contributed by atoms with Crippen molar-refractivity contribution in [3.05, 3.63) is 81.2 Å². The van der Waals surface area contributed by atoms with Gasteiger partial charge in [-0.1, -0.05) is 31.9 Å². The number of amides is 1. The summed E-state index contributed by atoms with van der Waals surface area (Å²) in [4.78, 5) is 14.7. The van der Waals surface area contributed by atoms with Crippen LogP contribution in [0.1, 0.15) is 12.5 Å². The lowest BCUT2D eigenvalue weighted by Crippen LogP contribution is -2.39. The first-order valence-electron chi connectivity index (χ1n) is 9.85. The average molecular weight is 580 g/mol. The van der Waals surface area contributed by atoms with Crippen LogP contribution in [0.15, 0.2) is 80.6 Å². The fourth-order valence-electron chi connectivity index (χ4n) is 3.64. The molecule has 0 fully saturated rings. The molecule has 6 nitrogen and oxygen atoms in total. The molecule has 1 heterocycles. The molecule has 3 aromatic carbocycles. The third kappa shape index (κ3) is 5.00. The lowest BCUT2D eigenvalue weighted by molar-refractivity contribution is -0.120. The summed E-state index contributed by atoms with van der Waals surface area (Å²) < 4.78 is 35.2. The summed E-state index contributed by atoms with van der Waals surface area (Å²) in [5.74, 6) is 0.274. The molecule has 1 atom stereocenters. The fourth-order valence-corrected chi connectivity index (χ4v) is 5.37. The van der Waals surface area contributed by atoms with Crippen molar-refractivity contribution in [2.45, 2.75) is 24.3 Å². The highest BCUT2D eigenvalue weighted by molar-refractivity contribution is 9.10. The zero-order valence-electron chi connectivity index (χ0n) is 17.1. The van der Waals surface area contributed by atoms with Gasteiger partial charge in [0.05, 0.1) is 4.90 Å². The number of rotatable bonds is 6. The Hall–Kier alpha value is -2.36. The topological polar surface area (TPSA) is 75.7 Å². The Morgan fingerprint density at radius 1 is 1.03 bits per heavy atom. The summed E-state index contributed by atoms with van der Waals surface area (Å²) in [5, 5.41) is 0. The average Bonchev–Trinajstić information content (AvgIpc) is 3.08. The molecule has 0 radical (unpaired) electrons. The highest BCUT2D eigenvalue weighted by Crippen LogP contribution is 2.34. The maximum absolute atomic E-state index is 12.8. The monoisotopic (exact) mass is 578 g/mol. The molecule has 3 aromatic rings. The number of halogens is 2. The molecule has 0 aromatic heterocycles. The van der Waals surface area contributed by atoms with Gasteiger partial charge in [-0.15, -0.1) is 0 Å². The molecule has 9 heteroatoms. The summed E-state index contributed by atoms with van der Waals surface area (Å²) in [6, 6.07) is 18.8. The number of hydrogen-bond donors (Lipinski definition) is 1. The number of carbonyl (C=O) groups is 1. The van der Waals surface area contributed by atoms with Crippen molar-refractivity contribution in [2.75, 3.05) is 16.2 Å². The number of nitrogens with one attached hydrogen (secondary N) is 1. The van der Waals surface area contributed by atoms with Crippen LogP contribution in [0.3, 0.4) is 0 Å². The SMILES string of the molecule is CC1Cc2cc(Br)ccc2N1C(=O)COc1ccc(S(=O)(=O)Nc2ccc(Br)cc2)cc1. The molecule has 0 aliphatic carbocycles. The Kier molecular flexibility index (Phi) is 6.60. The van der Waals surface area contributed by atoms with Gasteiger partial charge in [0.15, 0.2) is 6.61 Å². The van der Waals surface area contributed by atoms with Crippen LogP contribution >= 0.6 is 31.9 Å². The van der Waals surface area contributed by atoms with Gasteiger partial charge in [0.2, 0.25) is 0 Å². The molecule has 0 saturated heterocycles. The summed E-state index contributed by atoms with van der Waals surface area (Å²) in [5.41, 5.74) is 2.48. The van der Waals surface area contributed by atoms with Gasteiger partial charge in [-0.3, -0.25) is 9.52 Å². The van der Waals surface area contributed by atoms with Crippen LogP contribution in [0.4, 0.5) is 11.4 Å². The van der Waals surface area contributed by atoms with Gasteiger partial charge in [0.25, 0.3) is 15.9 Å². The second kappa shape index (κ2) is 9.25. The summed E-state index contributed by atoms with van der Waals surface area (Å²) in [6.07, 6.45) is 0.790. The predicted octanol–water partition coefficient (Wildman–Crippen LogP) is 5.37. The minimum Gasteiger partial charge on any atom is -0.484 e. The van der Waals surface area contributed by atoms with Gasteiger partial charge in [-0.25, -0.2) is 8.42 Å².